The standard InChI is InChI=1S/C16H29NO3/c18-15(10-19-11-16-2-1-5-20-16)9-17-8-14-7-12-3-4-13(14)6-12/h12-18H,1-11H2. The van der Waals surface area contributed by atoms with Gasteiger partial charge >= 0.3 is 0 Å². The third-order valence-electron chi connectivity index (χ3n) is 5.31. The molecule has 1 saturated heterocycles. The lowest BCUT2D eigenvalue weighted by Crippen LogP contribution is -2.35. The summed E-state index contributed by atoms with van der Waals surface area (Å²) < 4.78 is 11.0. The van der Waals surface area contributed by atoms with Crippen molar-refractivity contribution in [1.29, 1.82) is 0 Å². The SMILES string of the molecule is OC(CNCC1CC2CCC1C2)COCC1CCCO1. The minimum absolute atomic E-state index is 0.254. The summed E-state index contributed by atoms with van der Waals surface area (Å²) in [4.78, 5) is 0. The molecule has 3 rings (SSSR count). The second-order valence-electron chi connectivity index (χ2n) is 6.92. The van der Waals surface area contributed by atoms with Gasteiger partial charge in [0, 0.05) is 13.2 Å². The van der Waals surface area contributed by atoms with Crippen molar-refractivity contribution in [1.82, 2.24) is 5.32 Å². The second-order valence-corrected chi connectivity index (χ2v) is 6.92. The van der Waals surface area contributed by atoms with Gasteiger partial charge in [-0.3, -0.25) is 0 Å². The number of nitrogens with one attached hydrogen (secondary N) is 1. The van der Waals surface area contributed by atoms with Crippen LogP contribution in [-0.4, -0.2) is 50.2 Å². The Labute approximate surface area is 122 Å². The van der Waals surface area contributed by atoms with Crippen LogP contribution in [0.5, 0.6) is 0 Å². The highest BCUT2D eigenvalue weighted by atomic mass is 16.5. The van der Waals surface area contributed by atoms with Crippen molar-refractivity contribution in [3.05, 3.63) is 0 Å². The van der Waals surface area contributed by atoms with E-state index in [1.807, 2.05) is 0 Å². The summed E-state index contributed by atoms with van der Waals surface area (Å²) >= 11 is 0. The van der Waals surface area contributed by atoms with Crippen LogP contribution < -0.4 is 5.32 Å². The number of aliphatic hydroxyl groups excluding tert-OH is 1. The van der Waals surface area contributed by atoms with Crippen LogP contribution in [0.25, 0.3) is 0 Å². The zero-order valence-electron chi connectivity index (χ0n) is 12.4. The molecule has 0 radical (unpaired) electrons. The molecule has 5 atom stereocenters. The van der Waals surface area contributed by atoms with E-state index in [-0.39, 0.29) is 6.10 Å². The fourth-order valence-electron chi connectivity index (χ4n) is 4.23. The van der Waals surface area contributed by atoms with Crippen LogP contribution in [0, 0.1) is 17.8 Å². The zero-order chi connectivity index (χ0) is 13.8. The summed E-state index contributed by atoms with van der Waals surface area (Å²) in [6.07, 6.45) is 7.85. The molecule has 3 aliphatic rings. The van der Waals surface area contributed by atoms with Gasteiger partial charge in [0.1, 0.15) is 0 Å². The smallest absolute Gasteiger partial charge is 0.0897 e. The van der Waals surface area contributed by atoms with E-state index in [1.54, 1.807) is 0 Å². The van der Waals surface area contributed by atoms with E-state index in [0.29, 0.717) is 19.8 Å². The predicted octanol–water partition coefficient (Wildman–Crippen LogP) is 1.57. The molecule has 0 spiro atoms. The summed E-state index contributed by atoms with van der Waals surface area (Å²) in [5, 5.41) is 13.3. The Morgan fingerprint density at radius 1 is 1.25 bits per heavy atom. The van der Waals surface area contributed by atoms with Crippen LogP contribution in [0.1, 0.15) is 38.5 Å². The number of hydrogen-bond acceptors (Lipinski definition) is 4. The molecule has 5 unspecified atom stereocenters. The Kier molecular flexibility index (Phi) is 5.32. The highest BCUT2D eigenvalue weighted by Gasteiger charge is 2.38. The zero-order valence-corrected chi connectivity index (χ0v) is 12.4. The molecule has 3 fully saturated rings. The average molecular weight is 283 g/mol. The van der Waals surface area contributed by atoms with E-state index < -0.39 is 6.10 Å². The monoisotopic (exact) mass is 283 g/mol. The maximum absolute atomic E-state index is 9.90. The van der Waals surface area contributed by atoms with E-state index in [1.165, 1.54) is 25.7 Å². The van der Waals surface area contributed by atoms with Crippen molar-refractivity contribution < 1.29 is 14.6 Å². The Hall–Kier alpha value is -0.160. The van der Waals surface area contributed by atoms with Crippen molar-refractivity contribution in [3.63, 3.8) is 0 Å². The van der Waals surface area contributed by atoms with Gasteiger partial charge < -0.3 is 19.9 Å². The Bertz CT molecular complexity index is 293. The lowest BCUT2D eigenvalue weighted by molar-refractivity contribution is -0.0166. The molecule has 1 aliphatic heterocycles. The average Bonchev–Trinajstić information content (AvgIpc) is 3.16. The number of ether oxygens (including phenoxy) is 2. The molecule has 0 aromatic carbocycles. The van der Waals surface area contributed by atoms with Gasteiger partial charge in [0.25, 0.3) is 0 Å². The molecular formula is C16H29NO3. The fourth-order valence-corrected chi connectivity index (χ4v) is 4.23. The molecule has 4 heteroatoms. The van der Waals surface area contributed by atoms with Crippen molar-refractivity contribution >= 4 is 0 Å². The molecule has 0 amide bonds. The van der Waals surface area contributed by atoms with E-state index in [2.05, 4.69) is 5.32 Å². The predicted molar refractivity (Wildman–Crippen MR) is 77.6 cm³/mol. The molecule has 116 valence electrons. The second kappa shape index (κ2) is 7.21. The summed E-state index contributed by atoms with van der Waals surface area (Å²) in [6, 6.07) is 0. The van der Waals surface area contributed by atoms with Gasteiger partial charge in [0.15, 0.2) is 0 Å². The first-order chi connectivity index (χ1) is 9.81. The van der Waals surface area contributed by atoms with Gasteiger partial charge in [-0.1, -0.05) is 6.42 Å². The molecule has 2 aliphatic carbocycles. The molecule has 1 heterocycles. The third-order valence-corrected chi connectivity index (χ3v) is 5.31. The number of fused-ring (bicyclic) bond motifs is 2. The van der Waals surface area contributed by atoms with Gasteiger partial charge in [-0.05, 0) is 56.4 Å². The van der Waals surface area contributed by atoms with Gasteiger partial charge in [-0.25, -0.2) is 0 Å². The van der Waals surface area contributed by atoms with E-state index in [4.69, 9.17) is 9.47 Å². The largest absolute Gasteiger partial charge is 0.389 e. The summed E-state index contributed by atoms with van der Waals surface area (Å²) in [5.74, 6) is 2.82. The minimum atomic E-state index is -0.394. The molecule has 2 N–H and O–H groups in total. The molecule has 20 heavy (non-hydrogen) atoms. The van der Waals surface area contributed by atoms with Crippen LogP contribution in [0.2, 0.25) is 0 Å². The lowest BCUT2D eigenvalue weighted by Gasteiger charge is -2.22. The molecular weight excluding hydrogens is 254 g/mol. The first-order valence-corrected chi connectivity index (χ1v) is 8.39. The van der Waals surface area contributed by atoms with Gasteiger partial charge in [-0.2, -0.15) is 0 Å². The number of aliphatic hydroxyl groups is 1. The van der Waals surface area contributed by atoms with Gasteiger partial charge in [-0.15, -0.1) is 0 Å². The van der Waals surface area contributed by atoms with E-state index in [0.717, 1.165) is 43.7 Å². The summed E-state index contributed by atoms with van der Waals surface area (Å²) in [5.41, 5.74) is 0. The first-order valence-electron chi connectivity index (χ1n) is 8.39. The number of rotatable bonds is 8. The first kappa shape index (κ1) is 14.8. The Morgan fingerprint density at radius 2 is 2.20 bits per heavy atom. The summed E-state index contributed by atoms with van der Waals surface area (Å²) in [7, 11) is 0. The maximum atomic E-state index is 9.90. The van der Waals surface area contributed by atoms with Crippen molar-refractivity contribution in [2.75, 3.05) is 32.9 Å². The van der Waals surface area contributed by atoms with Crippen molar-refractivity contribution in [3.8, 4) is 0 Å². The van der Waals surface area contributed by atoms with E-state index in [9.17, 15) is 5.11 Å². The van der Waals surface area contributed by atoms with Crippen molar-refractivity contribution in [2.24, 2.45) is 17.8 Å². The van der Waals surface area contributed by atoms with Gasteiger partial charge in [0.2, 0.25) is 0 Å². The molecule has 0 aromatic heterocycles. The Morgan fingerprint density at radius 3 is 2.90 bits per heavy atom. The Balaban J connectivity index is 1.21. The van der Waals surface area contributed by atoms with Crippen LogP contribution in [0.15, 0.2) is 0 Å². The van der Waals surface area contributed by atoms with Crippen LogP contribution in [0.4, 0.5) is 0 Å². The fraction of sp³-hybridized carbons (Fsp3) is 1.00. The third kappa shape index (κ3) is 3.94. The highest BCUT2D eigenvalue weighted by molar-refractivity contribution is 4.90. The van der Waals surface area contributed by atoms with Crippen LogP contribution >= 0.6 is 0 Å². The van der Waals surface area contributed by atoms with Crippen LogP contribution in [0.3, 0.4) is 0 Å². The number of hydrogen-bond donors (Lipinski definition) is 2. The lowest BCUT2D eigenvalue weighted by atomic mass is 9.89. The molecule has 0 aromatic rings. The quantitative estimate of drug-likeness (QED) is 0.710. The normalized spacial score (nSPS) is 37.6. The topological polar surface area (TPSA) is 50.7 Å². The minimum Gasteiger partial charge on any atom is -0.389 e. The van der Waals surface area contributed by atoms with Gasteiger partial charge in [0.05, 0.1) is 25.4 Å². The maximum Gasteiger partial charge on any atom is 0.0897 e. The highest BCUT2D eigenvalue weighted by Crippen LogP contribution is 2.47. The molecule has 2 saturated carbocycles. The summed E-state index contributed by atoms with van der Waals surface area (Å²) in [6.45, 7) is 3.64. The van der Waals surface area contributed by atoms with Crippen molar-refractivity contribution in [2.45, 2.75) is 50.7 Å². The molecule has 2 bridgehead atoms. The van der Waals surface area contributed by atoms with E-state index >= 15 is 0 Å². The van der Waals surface area contributed by atoms with Crippen LogP contribution in [-0.2, 0) is 9.47 Å². The molecule has 4 nitrogen and oxygen atoms in total.